The molecule has 0 bridgehead atoms. The van der Waals surface area contributed by atoms with E-state index in [2.05, 4.69) is 4.90 Å². The van der Waals surface area contributed by atoms with Crippen LogP contribution < -0.4 is 0 Å². The lowest BCUT2D eigenvalue weighted by atomic mass is 9.80. The van der Waals surface area contributed by atoms with E-state index in [4.69, 9.17) is 14.2 Å². The highest BCUT2D eigenvalue weighted by Gasteiger charge is 2.51. The molecule has 1 aliphatic carbocycles. The van der Waals surface area contributed by atoms with Gasteiger partial charge in [0.05, 0.1) is 44.7 Å². The lowest BCUT2D eigenvalue weighted by Gasteiger charge is -2.40. The van der Waals surface area contributed by atoms with Gasteiger partial charge in [0.25, 0.3) is 5.91 Å². The SMILES string of the molecule is O=C(N1CC[C@H]2O[C@@H](COCCN3CCOCC3)CC[C@H]21)C1(F)CCC1. The van der Waals surface area contributed by atoms with E-state index < -0.39 is 5.67 Å². The number of hydrogen-bond acceptors (Lipinski definition) is 5. The molecule has 0 aromatic carbocycles. The van der Waals surface area contributed by atoms with Crippen LogP contribution in [0.1, 0.15) is 38.5 Å². The van der Waals surface area contributed by atoms with Crippen LogP contribution in [0.5, 0.6) is 0 Å². The molecule has 3 aliphatic heterocycles. The maximum Gasteiger partial charge on any atom is 0.260 e. The number of nitrogens with zero attached hydrogens (tertiary/aromatic N) is 2. The summed E-state index contributed by atoms with van der Waals surface area (Å²) in [5.41, 5.74) is -1.59. The monoisotopic (exact) mass is 370 g/mol. The van der Waals surface area contributed by atoms with Gasteiger partial charge < -0.3 is 19.1 Å². The second kappa shape index (κ2) is 8.09. The van der Waals surface area contributed by atoms with E-state index in [-0.39, 0.29) is 24.2 Å². The maximum atomic E-state index is 14.5. The molecular formula is C19H31FN2O4. The van der Waals surface area contributed by atoms with Crippen molar-refractivity contribution in [3.8, 4) is 0 Å². The molecule has 0 spiro atoms. The Morgan fingerprint density at radius 1 is 1.15 bits per heavy atom. The molecule has 3 atom stereocenters. The zero-order valence-electron chi connectivity index (χ0n) is 15.5. The van der Waals surface area contributed by atoms with Crippen LogP contribution in [0.3, 0.4) is 0 Å². The largest absolute Gasteiger partial charge is 0.379 e. The van der Waals surface area contributed by atoms with E-state index in [1.54, 1.807) is 4.90 Å². The second-order valence-corrected chi connectivity index (χ2v) is 8.08. The molecule has 4 fully saturated rings. The Bertz CT molecular complexity index is 496. The number of ether oxygens (including phenoxy) is 3. The summed E-state index contributed by atoms with van der Waals surface area (Å²) < 4.78 is 31.8. The number of likely N-dealkylation sites (tertiary alicyclic amines) is 1. The average molecular weight is 370 g/mol. The molecule has 1 amide bonds. The highest BCUT2D eigenvalue weighted by molar-refractivity contribution is 5.86. The summed E-state index contributed by atoms with van der Waals surface area (Å²) in [5.74, 6) is -0.292. The summed E-state index contributed by atoms with van der Waals surface area (Å²) in [7, 11) is 0. The number of alkyl halides is 1. The third kappa shape index (κ3) is 3.91. The van der Waals surface area contributed by atoms with Crippen molar-refractivity contribution in [1.82, 2.24) is 9.80 Å². The number of carbonyl (C=O) groups excluding carboxylic acids is 1. The molecular weight excluding hydrogens is 339 g/mol. The molecule has 0 N–H and O–H groups in total. The third-order valence-corrected chi connectivity index (χ3v) is 6.39. The predicted octanol–water partition coefficient (Wildman–Crippen LogP) is 1.38. The van der Waals surface area contributed by atoms with Gasteiger partial charge >= 0.3 is 0 Å². The molecule has 7 heteroatoms. The molecule has 3 heterocycles. The molecule has 6 nitrogen and oxygen atoms in total. The normalized spacial score (nSPS) is 34.3. The predicted molar refractivity (Wildman–Crippen MR) is 93.8 cm³/mol. The zero-order valence-corrected chi connectivity index (χ0v) is 15.5. The van der Waals surface area contributed by atoms with Crippen LogP contribution in [-0.2, 0) is 19.0 Å². The van der Waals surface area contributed by atoms with Gasteiger partial charge in [-0.25, -0.2) is 4.39 Å². The van der Waals surface area contributed by atoms with Gasteiger partial charge in [-0.3, -0.25) is 9.69 Å². The fraction of sp³-hybridized carbons (Fsp3) is 0.947. The van der Waals surface area contributed by atoms with Gasteiger partial charge in [-0.05, 0) is 38.5 Å². The van der Waals surface area contributed by atoms with E-state index in [0.29, 0.717) is 32.6 Å². The van der Waals surface area contributed by atoms with Crippen molar-refractivity contribution < 1.29 is 23.4 Å². The standard InChI is InChI=1S/C19H31FN2O4/c20-19(5-1-6-19)18(23)22-7-4-17-16(22)3-2-15(26-17)14-25-13-10-21-8-11-24-12-9-21/h15-17H,1-14H2/t15-,16-,17-/m1/s1. The van der Waals surface area contributed by atoms with E-state index in [1.165, 1.54) is 0 Å². The molecule has 0 unspecified atom stereocenters. The summed E-state index contributed by atoms with van der Waals surface area (Å²) in [5, 5.41) is 0. The summed E-state index contributed by atoms with van der Waals surface area (Å²) in [6.07, 6.45) is 4.33. The molecule has 4 rings (SSSR count). The van der Waals surface area contributed by atoms with Crippen LogP contribution in [0.2, 0.25) is 0 Å². The van der Waals surface area contributed by atoms with Gasteiger partial charge in [0.15, 0.2) is 5.67 Å². The van der Waals surface area contributed by atoms with E-state index in [1.807, 2.05) is 0 Å². The van der Waals surface area contributed by atoms with Crippen LogP contribution in [-0.4, -0.2) is 92.2 Å². The Hall–Kier alpha value is -0.760. The lowest BCUT2D eigenvalue weighted by Crippen LogP contribution is -2.54. The Morgan fingerprint density at radius 2 is 1.96 bits per heavy atom. The maximum absolute atomic E-state index is 14.5. The zero-order chi connectivity index (χ0) is 18.0. The highest BCUT2D eigenvalue weighted by Crippen LogP contribution is 2.41. The molecule has 0 radical (unpaired) electrons. The third-order valence-electron chi connectivity index (χ3n) is 6.39. The molecule has 1 saturated carbocycles. The summed E-state index contributed by atoms with van der Waals surface area (Å²) >= 11 is 0. The Balaban J connectivity index is 1.18. The number of morpholine rings is 1. The van der Waals surface area contributed by atoms with Crippen LogP contribution in [0.4, 0.5) is 4.39 Å². The highest BCUT2D eigenvalue weighted by atomic mass is 19.1. The minimum atomic E-state index is -1.59. The van der Waals surface area contributed by atoms with Crippen LogP contribution >= 0.6 is 0 Å². The van der Waals surface area contributed by atoms with Gasteiger partial charge in [-0.1, -0.05) is 0 Å². The minimum Gasteiger partial charge on any atom is -0.379 e. The molecule has 26 heavy (non-hydrogen) atoms. The lowest BCUT2D eigenvalue weighted by molar-refractivity contribution is -0.156. The Labute approximate surface area is 154 Å². The van der Waals surface area contributed by atoms with Gasteiger partial charge in [-0.2, -0.15) is 0 Å². The minimum absolute atomic E-state index is 0.0456. The van der Waals surface area contributed by atoms with Crippen LogP contribution in [0.15, 0.2) is 0 Å². The van der Waals surface area contributed by atoms with E-state index in [9.17, 15) is 9.18 Å². The average Bonchev–Trinajstić information content (AvgIpc) is 3.06. The van der Waals surface area contributed by atoms with Crippen LogP contribution in [0.25, 0.3) is 0 Å². The quantitative estimate of drug-likeness (QED) is 0.661. The topological polar surface area (TPSA) is 51.2 Å². The summed E-state index contributed by atoms with van der Waals surface area (Å²) in [6, 6.07) is 0.0559. The van der Waals surface area contributed by atoms with Crippen molar-refractivity contribution >= 4 is 5.91 Å². The van der Waals surface area contributed by atoms with Crippen molar-refractivity contribution in [2.45, 2.75) is 62.4 Å². The molecule has 0 aromatic heterocycles. The first-order valence-corrected chi connectivity index (χ1v) is 10.2. The Kier molecular flexibility index (Phi) is 5.78. The Morgan fingerprint density at radius 3 is 2.69 bits per heavy atom. The fourth-order valence-electron chi connectivity index (χ4n) is 4.56. The first-order chi connectivity index (χ1) is 12.7. The molecule has 4 aliphatic rings. The fourth-order valence-corrected chi connectivity index (χ4v) is 4.56. The van der Waals surface area contributed by atoms with Gasteiger partial charge in [0.2, 0.25) is 0 Å². The van der Waals surface area contributed by atoms with Crippen molar-refractivity contribution in [2.75, 3.05) is 52.6 Å². The number of carbonyl (C=O) groups is 1. The molecule has 3 saturated heterocycles. The number of rotatable bonds is 6. The number of fused-ring (bicyclic) bond motifs is 1. The summed E-state index contributed by atoms with van der Waals surface area (Å²) in [6.45, 7) is 6.46. The number of amides is 1. The van der Waals surface area contributed by atoms with E-state index >= 15 is 0 Å². The van der Waals surface area contributed by atoms with E-state index in [0.717, 1.165) is 58.5 Å². The number of halogens is 1. The molecule has 148 valence electrons. The smallest absolute Gasteiger partial charge is 0.260 e. The second-order valence-electron chi connectivity index (χ2n) is 8.08. The van der Waals surface area contributed by atoms with Crippen LogP contribution in [0, 0.1) is 0 Å². The van der Waals surface area contributed by atoms with Gasteiger partial charge in [0.1, 0.15) is 0 Å². The van der Waals surface area contributed by atoms with Crippen molar-refractivity contribution in [3.05, 3.63) is 0 Å². The van der Waals surface area contributed by atoms with Crippen molar-refractivity contribution in [3.63, 3.8) is 0 Å². The summed E-state index contributed by atoms with van der Waals surface area (Å²) in [4.78, 5) is 16.6. The molecule has 0 aromatic rings. The van der Waals surface area contributed by atoms with Crippen molar-refractivity contribution in [1.29, 1.82) is 0 Å². The first-order valence-electron chi connectivity index (χ1n) is 10.2. The van der Waals surface area contributed by atoms with Gasteiger partial charge in [-0.15, -0.1) is 0 Å². The van der Waals surface area contributed by atoms with Crippen molar-refractivity contribution in [2.24, 2.45) is 0 Å². The number of hydrogen-bond donors (Lipinski definition) is 0. The van der Waals surface area contributed by atoms with Gasteiger partial charge in [0, 0.05) is 26.2 Å². The first kappa shape index (κ1) is 18.6.